The van der Waals surface area contributed by atoms with Crippen molar-refractivity contribution >= 4 is 40.6 Å². The van der Waals surface area contributed by atoms with Gasteiger partial charge < -0.3 is 9.88 Å². The molecule has 3 heterocycles. The van der Waals surface area contributed by atoms with Crippen molar-refractivity contribution in [2.75, 3.05) is 5.75 Å². The van der Waals surface area contributed by atoms with Gasteiger partial charge in [0.1, 0.15) is 5.82 Å². The molecule has 0 spiro atoms. The van der Waals surface area contributed by atoms with Crippen LogP contribution in [0.3, 0.4) is 0 Å². The highest BCUT2D eigenvalue weighted by molar-refractivity contribution is 7.99. The molecule has 0 bridgehead atoms. The average Bonchev–Trinajstić information content (AvgIpc) is 3.83. The molecule has 5 aromatic rings. The van der Waals surface area contributed by atoms with Crippen LogP contribution in [0.25, 0.3) is 0 Å². The molecular formula is C34H31FN6O2S2. The number of carbonyl (C=O) groups excluding carboxylic acids is 2. The third kappa shape index (κ3) is 7.38. The second kappa shape index (κ2) is 14.0. The molecule has 1 atom stereocenters. The van der Waals surface area contributed by atoms with Crippen molar-refractivity contribution in [2.24, 2.45) is 5.10 Å². The van der Waals surface area contributed by atoms with Crippen LogP contribution in [0.1, 0.15) is 50.2 Å². The molecule has 8 nitrogen and oxygen atoms in total. The van der Waals surface area contributed by atoms with Gasteiger partial charge in [-0.2, -0.15) is 5.10 Å². The van der Waals surface area contributed by atoms with Gasteiger partial charge in [0.15, 0.2) is 11.0 Å². The fourth-order valence-electron chi connectivity index (χ4n) is 5.18. The van der Waals surface area contributed by atoms with E-state index in [1.54, 1.807) is 29.5 Å². The highest BCUT2D eigenvalue weighted by Crippen LogP contribution is 2.34. The lowest BCUT2D eigenvalue weighted by Gasteiger charge is -2.22. The van der Waals surface area contributed by atoms with Crippen LogP contribution in [-0.2, 0) is 24.3 Å². The van der Waals surface area contributed by atoms with Crippen LogP contribution in [0.4, 0.5) is 4.39 Å². The average molecular weight is 639 g/mol. The van der Waals surface area contributed by atoms with E-state index in [9.17, 15) is 14.0 Å². The van der Waals surface area contributed by atoms with Crippen molar-refractivity contribution in [1.29, 1.82) is 0 Å². The lowest BCUT2D eigenvalue weighted by atomic mass is 10.0. The fraction of sp³-hybridized carbons (Fsp3) is 0.206. The summed E-state index contributed by atoms with van der Waals surface area (Å²) >= 11 is 2.86. The lowest BCUT2D eigenvalue weighted by Crippen LogP contribution is -2.28. The maximum absolute atomic E-state index is 13.7. The second-order valence-corrected chi connectivity index (χ2v) is 12.6. The third-order valence-corrected chi connectivity index (χ3v) is 9.37. The minimum Gasteiger partial charge on any atom is -0.345 e. The van der Waals surface area contributed by atoms with Gasteiger partial charge in [-0.25, -0.2) is 9.40 Å². The van der Waals surface area contributed by atoms with Gasteiger partial charge >= 0.3 is 0 Å². The summed E-state index contributed by atoms with van der Waals surface area (Å²) in [6.07, 6.45) is 1.27. The van der Waals surface area contributed by atoms with Crippen LogP contribution in [0.2, 0.25) is 0 Å². The SMILES string of the molecule is Cc1cccc(C(=O)NCc2nnc(SCC(=O)N3N=C(c4cccs4)CC3c3ccc(F)cc3)n2CCc2ccccc2)c1. The molecule has 6 rings (SSSR count). The number of hydrogen-bond donors (Lipinski definition) is 1. The molecule has 3 aromatic carbocycles. The van der Waals surface area contributed by atoms with Crippen LogP contribution in [-0.4, -0.2) is 43.1 Å². The van der Waals surface area contributed by atoms with Gasteiger partial charge in [-0.3, -0.25) is 9.59 Å². The number of aryl methyl sites for hydroxylation is 2. The highest BCUT2D eigenvalue weighted by atomic mass is 32.2. The summed E-state index contributed by atoms with van der Waals surface area (Å²) in [7, 11) is 0. The first kappa shape index (κ1) is 30.4. The minimum absolute atomic E-state index is 0.0814. The first-order valence-electron chi connectivity index (χ1n) is 14.6. The van der Waals surface area contributed by atoms with Gasteiger partial charge in [0.05, 0.1) is 28.9 Å². The molecule has 2 aromatic heterocycles. The summed E-state index contributed by atoms with van der Waals surface area (Å²) in [5, 5.41) is 20.6. The number of rotatable bonds is 11. The van der Waals surface area contributed by atoms with Crippen LogP contribution in [0, 0.1) is 12.7 Å². The summed E-state index contributed by atoms with van der Waals surface area (Å²) in [6.45, 7) is 2.71. The number of amides is 2. The molecule has 0 saturated carbocycles. The Morgan fingerprint density at radius 2 is 1.82 bits per heavy atom. The molecule has 1 aliphatic heterocycles. The van der Waals surface area contributed by atoms with Crippen molar-refractivity contribution in [3.05, 3.63) is 135 Å². The van der Waals surface area contributed by atoms with Gasteiger partial charge in [-0.05, 0) is 60.2 Å². The maximum atomic E-state index is 13.7. The van der Waals surface area contributed by atoms with Crippen molar-refractivity contribution in [2.45, 2.75) is 44.1 Å². The van der Waals surface area contributed by atoms with E-state index in [2.05, 4.69) is 27.6 Å². The molecule has 2 amide bonds. The van der Waals surface area contributed by atoms with E-state index in [-0.39, 0.29) is 36.0 Å². The molecule has 1 aliphatic rings. The highest BCUT2D eigenvalue weighted by Gasteiger charge is 2.33. The Morgan fingerprint density at radius 3 is 2.58 bits per heavy atom. The van der Waals surface area contributed by atoms with Gasteiger partial charge in [-0.15, -0.1) is 21.5 Å². The number of hydrogen-bond acceptors (Lipinski definition) is 7. The Balaban J connectivity index is 1.19. The van der Waals surface area contributed by atoms with Crippen molar-refractivity contribution < 1.29 is 14.0 Å². The van der Waals surface area contributed by atoms with Crippen LogP contribution in [0.15, 0.2) is 107 Å². The van der Waals surface area contributed by atoms with Gasteiger partial charge in [-0.1, -0.05) is 78.0 Å². The molecule has 0 saturated heterocycles. The van der Waals surface area contributed by atoms with E-state index < -0.39 is 0 Å². The first-order chi connectivity index (χ1) is 21.9. The molecule has 228 valence electrons. The summed E-state index contributed by atoms with van der Waals surface area (Å²) in [4.78, 5) is 27.5. The second-order valence-electron chi connectivity index (χ2n) is 10.7. The van der Waals surface area contributed by atoms with Crippen LogP contribution >= 0.6 is 23.1 Å². The number of halogens is 1. The zero-order valence-electron chi connectivity index (χ0n) is 24.6. The Bertz CT molecular complexity index is 1810. The van der Waals surface area contributed by atoms with E-state index in [0.29, 0.717) is 29.5 Å². The van der Waals surface area contributed by atoms with Crippen molar-refractivity contribution in [3.63, 3.8) is 0 Å². The topological polar surface area (TPSA) is 92.5 Å². The molecule has 11 heteroatoms. The monoisotopic (exact) mass is 638 g/mol. The van der Waals surface area contributed by atoms with Crippen molar-refractivity contribution in [3.8, 4) is 0 Å². The number of hydrazone groups is 1. The van der Waals surface area contributed by atoms with Crippen molar-refractivity contribution in [1.82, 2.24) is 25.1 Å². The van der Waals surface area contributed by atoms with Crippen LogP contribution < -0.4 is 5.32 Å². The molecule has 1 unspecified atom stereocenters. The Kier molecular flexibility index (Phi) is 9.46. The summed E-state index contributed by atoms with van der Waals surface area (Å²) in [5.74, 6) is -0.0257. The van der Waals surface area contributed by atoms with E-state index >= 15 is 0 Å². The minimum atomic E-state index is -0.334. The molecule has 0 fully saturated rings. The summed E-state index contributed by atoms with van der Waals surface area (Å²) < 4.78 is 15.7. The molecular weight excluding hydrogens is 608 g/mol. The molecule has 0 aliphatic carbocycles. The van der Waals surface area contributed by atoms with E-state index in [1.165, 1.54) is 28.9 Å². The summed E-state index contributed by atoms with van der Waals surface area (Å²) in [6, 6.07) is 27.3. The number of nitrogens with one attached hydrogen (secondary N) is 1. The van der Waals surface area contributed by atoms with Gasteiger partial charge in [0.2, 0.25) is 0 Å². The standard InChI is InChI=1S/C34H31FN6O2S2/c1-23-7-5-10-26(19-23)33(43)36-21-31-37-38-34(40(31)17-16-24-8-3-2-4-9-24)45-22-32(42)41-29(25-12-14-27(35)15-13-25)20-28(39-41)30-11-6-18-44-30/h2-15,18-19,29H,16-17,20-22H2,1H3,(H,36,43). The van der Waals surface area contributed by atoms with E-state index in [0.717, 1.165) is 33.7 Å². The normalized spacial score (nSPS) is 14.4. The first-order valence-corrected chi connectivity index (χ1v) is 16.4. The Morgan fingerprint density at radius 1 is 1.00 bits per heavy atom. The smallest absolute Gasteiger partial charge is 0.253 e. The predicted octanol–water partition coefficient (Wildman–Crippen LogP) is 6.43. The van der Waals surface area contributed by atoms with Gasteiger partial charge in [0, 0.05) is 18.5 Å². The number of aromatic nitrogens is 3. The number of thioether (sulfide) groups is 1. The molecule has 0 radical (unpaired) electrons. The molecule has 1 N–H and O–H groups in total. The zero-order chi connectivity index (χ0) is 31.2. The number of nitrogens with zero attached hydrogens (tertiary/aromatic N) is 5. The largest absolute Gasteiger partial charge is 0.345 e. The third-order valence-electron chi connectivity index (χ3n) is 7.50. The van der Waals surface area contributed by atoms with Gasteiger partial charge in [0.25, 0.3) is 11.8 Å². The lowest BCUT2D eigenvalue weighted by molar-refractivity contribution is -0.130. The molecule has 45 heavy (non-hydrogen) atoms. The number of thiophene rings is 1. The zero-order valence-corrected chi connectivity index (χ0v) is 26.2. The number of benzene rings is 3. The Hall–Kier alpha value is -4.61. The predicted molar refractivity (Wildman–Crippen MR) is 175 cm³/mol. The van der Waals surface area contributed by atoms with E-state index in [1.807, 2.05) is 65.4 Å². The fourth-order valence-corrected chi connectivity index (χ4v) is 6.74. The number of carbonyl (C=O) groups is 2. The quantitative estimate of drug-likeness (QED) is 0.168. The summed E-state index contributed by atoms with van der Waals surface area (Å²) in [5.41, 5.74) is 4.39. The maximum Gasteiger partial charge on any atom is 0.253 e. The Labute approximate surface area is 269 Å². The van der Waals surface area contributed by atoms with Crippen LogP contribution in [0.5, 0.6) is 0 Å². The van der Waals surface area contributed by atoms with E-state index in [4.69, 9.17) is 5.10 Å².